The Morgan fingerprint density at radius 2 is 1.13 bits per heavy atom. The highest BCUT2D eigenvalue weighted by atomic mass is 16.5. The van der Waals surface area contributed by atoms with Crippen LogP contribution in [0.25, 0.3) is 0 Å². The molecule has 2 aliphatic rings. The summed E-state index contributed by atoms with van der Waals surface area (Å²) in [4.78, 5) is 51.0. The second-order valence-corrected chi connectivity index (χ2v) is 12.2. The largest absolute Gasteiger partial charge is 0.427 e. The number of carbonyl (C=O) groups excluding carboxylic acids is 4. The molecule has 0 bridgehead atoms. The SMILES string of the molecule is CCC(CCC(C)C(=O)Oc1ccc(C)cc1)C(=O)OC1=CCC=C(OC(=O)C2CCC(C(=O)Oc3ccc(C)cc3)CC2)C=C1. The predicted molar refractivity (Wildman–Crippen MR) is 173 cm³/mol. The van der Waals surface area contributed by atoms with E-state index in [2.05, 4.69) is 0 Å². The van der Waals surface area contributed by atoms with Crippen molar-refractivity contribution in [3.05, 3.63) is 95.5 Å². The summed E-state index contributed by atoms with van der Waals surface area (Å²) in [5, 5.41) is 0. The summed E-state index contributed by atoms with van der Waals surface area (Å²) < 4.78 is 22.3. The summed E-state index contributed by atoms with van der Waals surface area (Å²) in [6.45, 7) is 7.65. The number of esters is 4. The average molecular weight is 629 g/mol. The lowest BCUT2D eigenvalue weighted by atomic mass is 9.82. The lowest BCUT2D eigenvalue weighted by Gasteiger charge is -2.25. The molecule has 2 aliphatic carbocycles. The Morgan fingerprint density at radius 3 is 1.65 bits per heavy atom. The first-order valence-electron chi connectivity index (χ1n) is 16.2. The highest BCUT2D eigenvalue weighted by Crippen LogP contribution is 2.32. The Balaban J connectivity index is 1.18. The maximum absolute atomic E-state index is 13.0. The van der Waals surface area contributed by atoms with Crippen LogP contribution in [0.1, 0.15) is 76.3 Å². The molecule has 2 unspecified atom stereocenters. The standard InChI is InChI=1S/C38H44O8/c1-5-28(14-13-27(4)35(39)43-33-19-9-25(2)10-20-33)36(40)44-31-7-6-8-32(24-23-31)45-37(41)29-15-17-30(18-16-29)38(42)46-34-21-11-26(3)12-22-34/h7-12,19-24,27-30H,5-6,13-18H2,1-4H3. The second-order valence-electron chi connectivity index (χ2n) is 12.2. The second kappa shape index (κ2) is 16.7. The first-order valence-corrected chi connectivity index (χ1v) is 16.2. The quantitative estimate of drug-likeness (QED) is 0.173. The van der Waals surface area contributed by atoms with E-state index in [1.54, 1.807) is 55.5 Å². The number of hydrogen-bond acceptors (Lipinski definition) is 8. The maximum Gasteiger partial charge on any atom is 0.314 e. The zero-order chi connectivity index (χ0) is 33.1. The Kier molecular flexibility index (Phi) is 12.5. The van der Waals surface area contributed by atoms with Gasteiger partial charge in [-0.05, 0) is 114 Å². The minimum atomic E-state index is -0.373. The van der Waals surface area contributed by atoms with Crippen molar-refractivity contribution in [1.82, 2.24) is 0 Å². The molecule has 46 heavy (non-hydrogen) atoms. The van der Waals surface area contributed by atoms with Crippen LogP contribution in [-0.2, 0) is 28.7 Å². The van der Waals surface area contributed by atoms with E-state index in [1.165, 1.54) is 0 Å². The summed E-state index contributed by atoms with van der Waals surface area (Å²) >= 11 is 0. The van der Waals surface area contributed by atoms with E-state index < -0.39 is 0 Å². The molecule has 244 valence electrons. The zero-order valence-electron chi connectivity index (χ0n) is 27.2. The zero-order valence-corrected chi connectivity index (χ0v) is 27.2. The van der Waals surface area contributed by atoms with Gasteiger partial charge in [-0.25, -0.2) is 0 Å². The van der Waals surface area contributed by atoms with Crippen LogP contribution in [0.3, 0.4) is 0 Å². The molecule has 1 saturated carbocycles. The van der Waals surface area contributed by atoms with Crippen molar-refractivity contribution in [1.29, 1.82) is 0 Å². The van der Waals surface area contributed by atoms with Gasteiger partial charge in [-0.2, -0.15) is 0 Å². The molecule has 8 heteroatoms. The Morgan fingerprint density at radius 1 is 0.652 bits per heavy atom. The van der Waals surface area contributed by atoms with Crippen LogP contribution in [0.15, 0.2) is 84.4 Å². The van der Waals surface area contributed by atoms with Gasteiger partial charge in [-0.1, -0.05) is 49.2 Å². The van der Waals surface area contributed by atoms with Gasteiger partial charge in [-0.15, -0.1) is 0 Å². The van der Waals surface area contributed by atoms with Crippen LogP contribution in [-0.4, -0.2) is 23.9 Å². The molecule has 8 nitrogen and oxygen atoms in total. The summed E-state index contributed by atoms with van der Waals surface area (Å²) in [7, 11) is 0. The summed E-state index contributed by atoms with van der Waals surface area (Å²) in [5.41, 5.74) is 2.17. The Bertz CT molecular complexity index is 1460. The van der Waals surface area contributed by atoms with Crippen molar-refractivity contribution >= 4 is 23.9 Å². The van der Waals surface area contributed by atoms with Crippen molar-refractivity contribution in [3.63, 3.8) is 0 Å². The van der Waals surface area contributed by atoms with Gasteiger partial charge < -0.3 is 18.9 Å². The number of hydrogen-bond donors (Lipinski definition) is 0. The van der Waals surface area contributed by atoms with Crippen molar-refractivity contribution in [3.8, 4) is 11.5 Å². The minimum Gasteiger partial charge on any atom is -0.427 e. The van der Waals surface area contributed by atoms with E-state index in [9.17, 15) is 19.2 Å². The molecule has 0 radical (unpaired) electrons. The van der Waals surface area contributed by atoms with E-state index in [0.717, 1.165) is 11.1 Å². The molecule has 0 amide bonds. The van der Waals surface area contributed by atoms with Crippen LogP contribution >= 0.6 is 0 Å². The van der Waals surface area contributed by atoms with Crippen molar-refractivity contribution < 1.29 is 38.1 Å². The highest BCUT2D eigenvalue weighted by molar-refractivity contribution is 5.78. The summed E-state index contributed by atoms with van der Waals surface area (Å²) in [6, 6.07) is 14.7. The predicted octanol–water partition coefficient (Wildman–Crippen LogP) is 7.88. The van der Waals surface area contributed by atoms with Gasteiger partial charge in [0.05, 0.1) is 23.7 Å². The van der Waals surface area contributed by atoms with Crippen molar-refractivity contribution in [2.24, 2.45) is 23.7 Å². The summed E-state index contributed by atoms with van der Waals surface area (Å²) in [6.07, 6.45) is 11.0. The average Bonchev–Trinajstić information content (AvgIpc) is 3.27. The molecule has 0 aliphatic heterocycles. The molecule has 2 aromatic carbocycles. The third-order valence-electron chi connectivity index (χ3n) is 8.54. The number of rotatable bonds is 12. The number of allylic oxidation sites excluding steroid dienone is 4. The third-order valence-corrected chi connectivity index (χ3v) is 8.54. The van der Waals surface area contributed by atoms with Gasteiger partial charge >= 0.3 is 23.9 Å². The number of benzene rings is 2. The van der Waals surface area contributed by atoms with Gasteiger partial charge in [0.1, 0.15) is 23.0 Å². The molecule has 0 saturated heterocycles. The molecule has 0 aromatic heterocycles. The molecule has 4 rings (SSSR count). The molecule has 2 atom stereocenters. The van der Waals surface area contributed by atoms with E-state index in [0.29, 0.717) is 74.4 Å². The van der Waals surface area contributed by atoms with Gasteiger partial charge in [-0.3, -0.25) is 19.2 Å². The molecular weight excluding hydrogens is 584 g/mol. The topological polar surface area (TPSA) is 105 Å². The van der Waals surface area contributed by atoms with E-state index in [1.807, 2.05) is 45.0 Å². The van der Waals surface area contributed by atoms with Gasteiger partial charge in [0.2, 0.25) is 0 Å². The van der Waals surface area contributed by atoms with Gasteiger partial charge in [0.25, 0.3) is 0 Å². The van der Waals surface area contributed by atoms with Crippen LogP contribution in [0, 0.1) is 37.5 Å². The fourth-order valence-electron chi connectivity index (χ4n) is 5.39. The smallest absolute Gasteiger partial charge is 0.314 e. The molecule has 2 aromatic rings. The fourth-order valence-corrected chi connectivity index (χ4v) is 5.39. The molecule has 0 spiro atoms. The molecule has 0 heterocycles. The van der Waals surface area contributed by atoms with Gasteiger partial charge in [0.15, 0.2) is 0 Å². The Labute approximate surface area is 271 Å². The van der Waals surface area contributed by atoms with Crippen molar-refractivity contribution in [2.75, 3.05) is 0 Å². The normalized spacial score (nSPS) is 19.0. The van der Waals surface area contributed by atoms with E-state index in [-0.39, 0.29) is 47.5 Å². The first kappa shape index (κ1) is 34.4. The Hall–Kier alpha value is -4.46. The highest BCUT2D eigenvalue weighted by Gasteiger charge is 2.32. The molecule has 0 N–H and O–H groups in total. The minimum absolute atomic E-state index is 0.244. The lowest BCUT2D eigenvalue weighted by molar-refractivity contribution is -0.148. The summed E-state index contributed by atoms with van der Waals surface area (Å²) in [5.74, 6) is -0.779. The van der Waals surface area contributed by atoms with Gasteiger partial charge in [0, 0.05) is 0 Å². The van der Waals surface area contributed by atoms with Crippen LogP contribution in [0.2, 0.25) is 0 Å². The first-order chi connectivity index (χ1) is 22.1. The number of aryl methyl sites for hydroxylation is 2. The van der Waals surface area contributed by atoms with Crippen LogP contribution in [0.4, 0.5) is 0 Å². The monoisotopic (exact) mass is 628 g/mol. The van der Waals surface area contributed by atoms with E-state index >= 15 is 0 Å². The lowest BCUT2D eigenvalue weighted by Crippen LogP contribution is -2.29. The molecule has 1 fully saturated rings. The fraction of sp³-hybridized carbons (Fsp3) is 0.421. The maximum atomic E-state index is 13.0. The number of carbonyl (C=O) groups is 4. The molecular formula is C38H44O8. The third kappa shape index (κ3) is 10.3. The van der Waals surface area contributed by atoms with Crippen LogP contribution in [0.5, 0.6) is 11.5 Å². The number of ether oxygens (including phenoxy) is 4. The van der Waals surface area contributed by atoms with Crippen molar-refractivity contribution in [2.45, 2.75) is 79.1 Å². The van der Waals surface area contributed by atoms with E-state index in [4.69, 9.17) is 18.9 Å². The van der Waals surface area contributed by atoms with Crippen LogP contribution < -0.4 is 9.47 Å².